The highest BCUT2D eigenvalue weighted by molar-refractivity contribution is 7.19. The summed E-state index contributed by atoms with van der Waals surface area (Å²) in [6.45, 7) is 57.8. The van der Waals surface area contributed by atoms with Gasteiger partial charge in [-0.25, -0.2) is 22.5 Å². The van der Waals surface area contributed by atoms with Gasteiger partial charge in [-0.2, -0.15) is 10.2 Å². The summed E-state index contributed by atoms with van der Waals surface area (Å²) < 4.78 is 63.4. The van der Waals surface area contributed by atoms with E-state index in [4.69, 9.17) is 0 Å². The molecule has 0 saturated heterocycles. The van der Waals surface area contributed by atoms with Gasteiger partial charge in [0.15, 0.2) is 11.6 Å². The molecule has 0 unspecified atom stereocenters. The maximum Gasteiger partial charge on any atom is 0.284 e. The maximum atomic E-state index is 14.6. The number of aromatic nitrogens is 12. The van der Waals surface area contributed by atoms with Crippen LogP contribution in [0, 0.1) is 39.1 Å². The van der Waals surface area contributed by atoms with Gasteiger partial charge in [-0.1, -0.05) is 76.2 Å². The first-order chi connectivity index (χ1) is 59.0. The summed E-state index contributed by atoms with van der Waals surface area (Å²) in [6, 6.07) is 16.6. The van der Waals surface area contributed by atoms with Gasteiger partial charge in [-0.15, -0.1) is 11.3 Å². The summed E-state index contributed by atoms with van der Waals surface area (Å²) in [4.78, 5) is 91.4. The van der Waals surface area contributed by atoms with Gasteiger partial charge in [0.1, 0.15) is 15.9 Å². The number of carbonyl (C=O) groups excluding carboxylic acids is 2. The van der Waals surface area contributed by atoms with Crippen LogP contribution < -0.4 is 27.8 Å². The number of amides is 2. The Morgan fingerprint density at radius 1 is 0.413 bits per heavy atom. The Hall–Kier alpha value is -10.0. The smallest absolute Gasteiger partial charge is 0.284 e. The molecule has 7 aliphatic heterocycles. The van der Waals surface area contributed by atoms with E-state index in [0.29, 0.717) is 46.5 Å². The number of carbonyl (C=O) groups is 2. The molecule has 0 fully saturated rings. The van der Waals surface area contributed by atoms with E-state index in [1.807, 2.05) is 153 Å². The number of halogens is 3. The largest absolute Gasteiger partial charge is 0.346 e. The van der Waals surface area contributed by atoms with Crippen LogP contribution in [-0.2, 0) is 96.1 Å². The first-order valence-corrected chi connectivity index (χ1v) is 46.7. The Kier molecular flexibility index (Phi) is 25.2. The van der Waals surface area contributed by atoms with Crippen molar-refractivity contribution in [1.29, 1.82) is 0 Å². The normalized spacial score (nSPS) is 17.2. The molecule has 25 heteroatoms. The molecule has 0 radical (unpaired) electrons. The van der Waals surface area contributed by atoms with Crippen molar-refractivity contribution < 1.29 is 22.8 Å². The van der Waals surface area contributed by atoms with Gasteiger partial charge in [-0.3, -0.25) is 33.6 Å². The Balaban J connectivity index is 0.000000119. The van der Waals surface area contributed by atoms with Crippen LogP contribution in [0.3, 0.4) is 0 Å². The molecule has 676 valence electrons. The predicted octanol–water partition coefficient (Wildman–Crippen LogP) is 20.2. The second-order valence-electron chi connectivity index (χ2n) is 42.6. The molecule has 18 heterocycles. The van der Waals surface area contributed by atoms with Crippen LogP contribution in [0.1, 0.15) is 306 Å². The number of fused-ring (bicyclic) bond motifs is 19. The van der Waals surface area contributed by atoms with Crippen LogP contribution in [0.25, 0.3) is 53.6 Å². The lowest BCUT2D eigenvalue weighted by molar-refractivity contribution is 0.0679. The molecule has 2 amide bonds. The minimum atomic E-state index is -0.468. The fourth-order valence-corrected chi connectivity index (χ4v) is 21.5. The van der Waals surface area contributed by atoms with E-state index in [9.17, 15) is 46.7 Å². The molecule has 1 aliphatic carbocycles. The lowest BCUT2D eigenvalue weighted by Crippen LogP contribution is -2.42. The van der Waals surface area contributed by atoms with Crippen LogP contribution in [0.5, 0.6) is 0 Å². The zero-order valence-electron chi connectivity index (χ0n) is 79.1. The number of rotatable bonds is 7. The predicted molar refractivity (Wildman–Crippen MR) is 502 cm³/mol. The molecule has 20 rings (SSSR count). The molecular formula is C101H133F3N14O7S. The fourth-order valence-electron chi connectivity index (χ4n) is 20.0. The third kappa shape index (κ3) is 17.5. The topological polar surface area (TPSA) is 201 Å². The summed E-state index contributed by atoms with van der Waals surface area (Å²) >= 11 is 1.67. The van der Waals surface area contributed by atoms with Gasteiger partial charge in [0.2, 0.25) is 0 Å². The van der Waals surface area contributed by atoms with Gasteiger partial charge in [-0.05, 0) is 254 Å². The molecule has 0 spiro atoms. The molecule has 12 aromatic rings. The number of hydrogen-bond donors (Lipinski definition) is 0. The summed E-state index contributed by atoms with van der Waals surface area (Å²) in [6.07, 6.45) is 21.7. The van der Waals surface area contributed by atoms with E-state index in [2.05, 4.69) is 128 Å². The Morgan fingerprint density at radius 2 is 0.921 bits per heavy atom. The molecule has 1 aromatic carbocycles. The third-order valence-corrected chi connectivity index (χ3v) is 27.8. The Bertz CT molecular complexity index is 6450. The SMILES string of the molecule is CC(C)N1CCc2c(c(F)c3n2CC(C)(C)C3)C1=O.CC(C)N1Cc2c(cc3n2CCCC3)C1=O.CC(C)n1ccc2c(c(F)c3n2CC(C)(C)C3)c1=O.CC(C)n1ccc2c(cc3n2CC(C)(C)C3)c1=O.CC(C)n1ccc2c(cc3n2CCCC3)c1=O.CC(C)n1ncc2c3c(sc2c1=O)CC(C)(C)C3.CC(C)n1ncc2cc(C(C)(C)C)cc(F)c2c1=O. The average molecular weight is 1740 g/mol. The highest BCUT2D eigenvalue weighted by Crippen LogP contribution is 2.45. The van der Waals surface area contributed by atoms with Crippen molar-refractivity contribution in [1.82, 2.24) is 65.9 Å². The van der Waals surface area contributed by atoms with Crippen molar-refractivity contribution in [2.45, 2.75) is 337 Å². The first kappa shape index (κ1) is 92.1. The minimum absolute atomic E-state index is 0.0440. The van der Waals surface area contributed by atoms with Gasteiger partial charge < -0.3 is 46.3 Å². The molecule has 11 aromatic heterocycles. The van der Waals surface area contributed by atoms with Crippen molar-refractivity contribution in [3.05, 3.63) is 216 Å². The molecule has 21 nitrogen and oxygen atoms in total. The standard InChI is InChI=1S/C15H21FN2O.2C15H19FN2O.C15H20N2O.C14H18N2OS.C14H18N2O.C13H18N2O/c2*1-9(2)17-6-5-10-12(14(17)19)13(16)11-7-15(3,4)8-18(10)11;1-9(2)18-14(19)13-10(8-17-18)6-11(7-12(13)16)15(3,4)5;1-10(2)16-6-5-13-12(14(16)18)7-11-8-15(3,4)9-17(11)13;1-8(2)16-13(17)12-10(7-15-16)9-5-14(3,4)6-11(9)18-12;1-10(2)15-8-6-13-12(14(15)17)9-11-5-3-4-7-16(11)13;1-9(2)15-8-12-11(13(15)16)7-10-5-3-4-6-14(10)12/h9H,5-8H2,1-4H3;5-6,9H,7-8H2,1-4H3;6-9H,1-5H3;5-7,10H,8-9H2,1-4H3;7-8H,5-6H2,1-4H3;6,8-10H,3-5,7H2,1-2H3;7,9H,3-6,8H2,1-2H3. The minimum Gasteiger partial charge on any atom is -0.346 e. The highest BCUT2D eigenvalue weighted by Gasteiger charge is 2.42. The molecule has 0 atom stereocenters. The Labute approximate surface area is 742 Å². The molecule has 126 heavy (non-hydrogen) atoms. The number of thiophene rings is 1. The number of benzene rings is 1. The quantitative estimate of drug-likeness (QED) is 0.149. The van der Waals surface area contributed by atoms with Crippen molar-refractivity contribution in [3.8, 4) is 0 Å². The monoisotopic (exact) mass is 1740 g/mol. The summed E-state index contributed by atoms with van der Waals surface area (Å²) in [5, 5.41) is 12.2. The van der Waals surface area contributed by atoms with E-state index >= 15 is 0 Å². The van der Waals surface area contributed by atoms with E-state index in [1.165, 1.54) is 69.6 Å². The maximum absolute atomic E-state index is 14.6. The lowest BCUT2D eigenvalue weighted by atomic mass is 9.86. The zero-order chi connectivity index (χ0) is 91.7. The number of aryl methyl sites for hydroxylation is 3. The van der Waals surface area contributed by atoms with E-state index in [-0.39, 0.29) is 115 Å². The van der Waals surface area contributed by atoms with E-state index in [1.54, 1.807) is 37.9 Å². The molecule has 8 aliphatic rings. The van der Waals surface area contributed by atoms with Gasteiger partial charge in [0.05, 0.1) is 91.9 Å². The highest BCUT2D eigenvalue weighted by atomic mass is 32.1. The molecule has 0 N–H and O–H groups in total. The summed E-state index contributed by atoms with van der Waals surface area (Å²) in [5.74, 6) is -0.957. The van der Waals surface area contributed by atoms with Gasteiger partial charge in [0, 0.05) is 133 Å². The fraction of sp³-hybridized carbons (Fsp3) is 0.554. The Morgan fingerprint density at radius 3 is 1.49 bits per heavy atom. The van der Waals surface area contributed by atoms with Gasteiger partial charge >= 0.3 is 0 Å². The van der Waals surface area contributed by atoms with E-state index in [0.717, 1.165) is 144 Å². The number of hydrogen-bond acceptors (Lipinski definition) is 10. The van der Waals surface area contributed by atoms with Crippen LogP contribution in [0.15, 0.2) is 103 Å². The molecular weight excluding hydrogens is 1610 g/mol. The first-order valence-electron chi connectivity index (χ1n) is 45.8. The van der Waals surface area contributed by atoms with Crippen LogP contribution in [-0.4, -0.2) is 96.3 Å². The number of pyridine rings is 3. The lowest BCUT2D eigenvalue weighted by Gasteiger charge is -2.31. The van der Waals surface area contributed by atoms with Crippen LogP contribution in [0.4, 0.5) is 13.2 Å². The number of nitrogens with zero attached hydrogens (tertiary/aromatic N) is 14. The average Bonchev–Trinajstić information content (AvgIpc) is 1.60. The van der Waals surface area contributed by atoms with Crippen molar-refractivity contribution in [2.24, 2.45) is 21.7 Å². The van der Waals surface area contributed by atoms with Crippen molar-refractivity contribution in [2.75, 3.05) is 6.54 Å². The van der Waals surface area contributed by atoms with Crippen molar-refractivity contribution in [3.63, 3.8) is 0 Å². The molecule has 0 saturated carbocycles. The summed E-state index contributed by atoms with van der Waals surface area (Å²) in [5.41, 5.74) is 14.5. The summed E-state index contributed by atoms with van der Waals surface area (Å²) in [7, 11) is 0. The zero-order valence-corrected chi connectivity index (χ0v) is 80.0. The van der Waals surface area contributed by atoms with Crippen molar-refractivity contribution >= 4 is 76.7 Å². The molecule has 0 bridgehead atoms. The second kappa shape index (κ2) is 34.5. The van der Waals surface area contributed by atoms with E-state index < -0.39 is 5.82 Å². The second-order valence-corrected chi connectivity index (χ2v) is 43.7. The van der Waals surface area contributed by atoms with Crippen LogP contribution in [0.2, 0.25) is 0 Å². The van der Waals surface area contributed by atoms with Gasteiger partial charge in [0.25, 0.3) is 39.6 Å². The van der Waals surface area contributed by atoms with Crippen LogP contribution >= 0.6 is 11.3 Å². The third-order valence-electron chi connectivity index (χ3n) is 26.5.